The van der Waals surface area contributed by atoms with E-state index in [-0.39, 0.29) is 5.69 Å². The van der Waals surface area contributed by atoms with Crippen molar-refractivity contribution in [2.24, 2.45) is 0 Å². The van der Waals surface area contributed by atoms with Gasteiger partial charge < -0.3 is 14.3 Å². The van der Waals surface area contributed by atoms with Gasteiger partial charge in [-0.15, -0.1) is 0 Å². The van der Waals surface area contributed by atoms with Crippen LogP contribution in [-0.4, -0.2) is 15.4 Å². The Bertz CT molecular complexity index is 519. The number of fused-ring (bicyclic) bond motifs is 1. The van der Waals surface area contributed by atoms with Crippen LogP contribution in [0.5, 0.6) is 0 Å². The van der Waals surface area contributed by atoms with Gasteiger partial charge in [0.15, 0.2) is 5.65 Å². The van der Waals surface area contributed by atoms with Crippen molar-refractivity contribution in [3.8, 4) is 0 Å². The number of imidazole rings is 1. The van der Waals surface area contributed by atoms with Gasteiger partial charge in [0.1, 0.15) is 5.69 Å². The number of carbonyl (C=O) groups excluding carboxylic acids is 1. The van der Waals surface area contributed by atoms with Crippen LogP contribution in [0.25, 0.3) is 5.65 Å². The molecule has 0 spiro atoms. The number of aromatic carboxylic acids is 1. The maximum atomic E-state index is 10.5. The van der Waals surface area contributed by atoms with Crippen LogP contribution in [-0.2, 0) is 0 Å². The molecule has 0 saturated heterocycles. The number of hydrogen-bond acceptors (Lipinski definition) is 3. The minimum atomic E-state index is -1.30. The van der Waals surface area contributed by atoms with Gasteiger partial charge in [0.25, 0.3) is 0 Å². The molecular formula is C9H6ClN2O2-. The highest BCUT2D eigenvalue weighted by atomic mass is 35.5. The minimum Gasteiger partial charge on any atom is -0.543 e. The summed E-state index contributed by atoms with van der Waals surface area (Å²) in [7, 11) is 0. The van der Waals surface area contributed by atoms with Gasteiger partial charge in [0, 0.05) is 12.4 Å². The number of rotatable bonds is 1. The maximum Gasteiger partial charge on any atom is 0.156 e. The summed E-state index contributed by atoms with van der Waals surface area (Å²) in [5.41, 5.74) is 1.25. The largest absolute Gasteiger partial charge is 0.543 e. The summed E-state index contributed by atoms with van der Waals surface area (Å²) in [5, 5.41) is 11.0. The molecule has 0 bridgehead atoms. The Morgan fingerprint density at radius 3 is 2.93 bits per heavy atom. The molecule has 2 rings (SSSR count). The van der Waals surface area contributed by atoms with E-state index in [1.807, 2.05) is 6.92 Å². The van der Waals surface area contributed by atoms with Crippen LogP contribution in [0.1, 0.15) is 16.1 Å². The predicted octanol–water partition coefficient (Wildman–Crippen LogP) is 0.660. The molecule has 2 aromatic heterocycles. The molecule has 2 aromatic rings. The summed E-state index contributed by atoms with van der Waals surface area (Å²) < 4.78 is 1.57. The zero-order chi connectivity index (χ0) is 10.3. The first-order valence-corrected chi connectivity index (χ1v) is 4.32. The molecule has 0 aliphatic carbocycles. The minimum absolute atomic E-state index is 0.113. The Morgan fingerprint density at radius 2 is 2.29 bits per heavy atom. The third-order valence-electron chi connectivity index (χ3n) is 1.85. The van der Waals surface area contributed by atoms with Crippen LogP contribution in [0, 0.1) is 6.92 Å². The number of aromatic nitrogens is 2. The first-order chi connectivity index (χ1) is 6.58. The van der Waals surface area contributed by atoms with E-state index in [1.54, 1.807) is 16.7 Å². The molecule has 5 heteroatoms. The van der Waals surface area contributed by atoms with Gasteiger partial charge in [-0.1, -0.05) is 11.6 Å². The van der Waals surface area contributed by atoms with Crippen molar-refractivity contribution in [1.82, 2.24) is 9.38 Å². The molecule has 0 N–H and O–H groups in total. The van der Waals surface area contributed by atoms with Crippen molar-refractivity contribution in [1.29, 1.82) is 0 Å². The zero-order valence-corrected chi connectivity index (χ0v) is 8.08. The molecule has 0 amide bonds. The zero-order valence-electron chi connectivity index (χ0n) is 7.32. The highest BCUT2D eigenvalue weighted by Gasteiger charge is 2.05. The molecule has 2 heterocycles. The number of hydrogen-bond donors (Lipinski definition) is 0. The molecule has 72 valence electrons. The average Bonchev–Trinajstić information content (AvgIpc) is 2.47. The van der Waals surface area contributed by atoms with Gasteiger partial charge in [0.2, 0.25) is 0 Å². The van der Waals surface area contributed by atoms with E-state index in [1.165, 1.54) is 6.20 Å². The number of halogens is 1. The molecule has 0 aliphatic rings. The van der Waals surface area contributed by atoms with Gasteiger partial charge >= 0.3 is 0 Å². The van der Waals surface area contributed by atoms with E-state index in [4.69, 9.17) is 11.6 Å². The Kier molecular flexibility index (Phi) is 1.93. The van der Waals surface area contributed by atoms with Crippen molar-refractivity contribution in [2.75, 3.05) is 0 Å². The molecule has 0 fully saturated rings. The Balaban J connectivity index is 2.76. The Morgan fingerprint density at radius 1 is 1.57 bits per heavy atom. The third kappa shape index (κ3) is 1.33. The van der Waals surface area contributed by atoms with Crippen LogP contribution < -0.4 is 5.11 Å². The van der Waals surface area contributed by atoms with Crippen molar-refractivity contribution in [2.45, 2.75) is 6.92 Å². The van der Waals surface area contributed by atoms with Crippen molar-refractivity contribution in [3.05, 3.63) is 34.7 Å². The number of carbonyl (C=O) groups is 1. The van der Waals surface area contributed by atoms with Crippen LogP contribution in [0.2, 0.25) is 5.02 Å². The molecule has 0 aliphatic heterocycles. The molecule has 0 unspecified atom stereocenters. The molecule has 0 saturated carbocycles. The summed E-state index contributed by atoms with van der Waals surface area (Å²) in [6.07, 6.45) is 3.13. The fraction of sp³-hybridized carbons (Fsp3) is 0.111. The van der Waals surface area contributed by atoms with Gasteiger partial charge in [-0.3, -0.25) is 0 Å². The monoisotopic (exact) mass is 209 g/mol. The van der Waals surface area contributed by atoms with Gasteiger partial charge in [-0.25, -0.2) is 4.98 Å². The Hall–Kier alpha value is -1.55. The van der Waals surface area contributed by atoms with Gasteiger partial charge in [0.05, 0.1) is 11.0 Å². The van der Waals surface area contributed by atoms with Crippen LogP contribution >= 0.6 is 11.6 Å². The summed E-state index contributed by atoms with van der Waals surface area (Å²) in [4.78, 5) is 14.4. The summed E-state index contributed by atoms with van der Waals surface area (Å²) in [6, 6.07) is 1.73. The fourth-order valence-electron chi connectivity index (χ4n) is 1.29. The van der Waals surface area contributed by atoms with E-state index < -0.39 is 5.97 Å². The first-order valence-electron chi connectivity index (χ1n) is 3.94. The van der Waals surface area contributed by atoms with E-state index in [0.717, 1.165) is 5.56 Å². The summed E-state index contributed by atoms with van der Waals surface area (Å²) in [5.74, 6) is -1.30. The van der Waals surface area contributed by atoms with Gasteiger partial charge in [-0.05, 0) is 18.6 Å². The maximum absolute atomic E-state index is 10.5. The predicted molar refractivity (Wildman–Crippen MR) is 49.3 cm³/mol. The number of pyridine rings is 1. The lowest BCUT2D eigenvalue weighted by molar-refractivity contribution is -0.255. The van der Waals surface area contributed by atoms with Crippen LogP contribution in [0.3, 0.4) is 0 Å². The lowest BCUT2D eigenvalue weighted by Gasteiger charge is -1.97. The second-order valence-electron chi connectivity index (χ2n) is 3.01. The quantitative estimate of drug-likeness (QED) is 0.693. The average molecular weight is 210 g/mol. The lowest BCUT2D eigenvalue weighted by Crippen LogP contribution is -2.22. The second kappa shape index (κ2) is 2.99. The first kappa shape index (κ1) is 9.02. The lowest BCUT2D eigenvalue weighted by atomic mass is 10.3. The summed E-state index contributed by atoms with van der Waals surface area (Å²) >= 11 is 5.88. The normalized spacial score (nSPS) is 10.7. The van der Waals surface area contributed by atoms with E-state index in [0.29, 0.717) is 10.7 Å². The van der Waals surface area contributed by atoms with Crippen molar-refractivity contribution in [3.63, 3.8) is 0 Å². The molecule has 0 radical (unpaired) electrons. The van der Waals surface area contributed by atoms with Crippen molar-refractivity contribution >= 4 is 23.2 Å². The molecule has 14 heavy (non-hydrogen) atoms. The number of nitrogens with zero attached hydrogens (tertiary/aromatic N) is 2. The summed E-state index contributed by atoms with van der Waals surface area (Å²) in [6.45, 7) is 1.87. The fourth-order valence-corrected chi connectivity index (χ4v) is 1.60. The molecule has 0 aromatic carbocycles. The van der Waals surface area contributed by atoms with Gasteiger partial charge in [-0.2, -0.15) is 0 Å². The highest BCUT2D eigenvalue weighted by molar-refractivity contribution is 6.33. The Labute approximate surface area is 84.8 Å². The van der Waals surface area contributed by atoms with Crippen LogP contribution in [0.15, 0.2) is 18.5 Å². The number of carboxylic acid groups (broad SMARTS) is 1. The second-order valence-corrected chi connectivity index (χ2v) is 3.42. The molecule has 0 atom stereocenters. The highest BCUT2D eigenvalue weighted by Crippen LogP contribution is 2.18. The van der Waals surface area contributed by atoms with Crippen LogP contribution in [0.4, 0.5) is 0 Å². The SMILES string of the molecule is Cc1cc(Cl)c2nc(C(=O)[O-])cn2c1. The number of carboxylic acids is 1. The van der Waals surface area contributed by atoms with E-state index >= 15 is 0 Å². The van der Waals surface area contributed by atoms with E-state index in [9.17, 15) is 9.90 Å². The van der Waals surface area contributed by atoms with E-state index in [2.05, 4.69) is 4.98 Å². The number of aryl methyl sites for hydroxylation is 1. The van der Waals surface area contributed by atoms with Crippen molar-refractivity contribution < 1.29 is 9.90 Å². The third-order valence-corrected chi connectivity index (χ3v) is 2.13. The topological polar surface area (TPSA) is 57.4 Å². The molecule has 4 nitrogen and oxygen atoms in total. The smallest absolute Gasteiger partial charge is 0.156 e. The standard InChI is InChI=1S/C9H7ClN2O2/c1-5-2-6(10)8-11-7(9(13)14)4-12(8)3-5/h2-4H,1H3,(H,13,14)/p-1. The molecular weight excluding hydrogens is 204 g/mol.